The molecular formula is C20H25ClN2O2S. The number of methoxy groups -OCH3 is 1. The van der Waals surface area contributed by atoms with Crippen molar-refractivity contribution in [1.29, 1.82) is 0 Å². The molecule has 1 aliphatic carbocycles. The van der Waals surface area contributed by atoms with Crippen LogP contribution >= 0.6 is 22.9 Å². The van der Waals surface area contributed by atoms with Crippen LogP contribution in [-0.4, -0.2) is 26.2 Å². The summed E-state index contributed by atoms with van der Waals surface area (Å²) in [6, 6.07) is 7.80. The second kappa shape index (κ2) is 9.40. The lowest BCUT2D eigenvalue weighted by Gasteiger charge is -2.13. The van der Waals surface area contributed by atoms with Crippen LogP contribution in [0, 0.1) is 0 Å². The molecule has 0 saturated carbocycles. The molecule has 0 fully saturated rings. The van der Waals surface area contributed by atoms with Gasteiger partial charge in [0.2, 0.25) is 0 Å². The molecule has 0 radical (unpaired) electrons. The normalized spacial score (nSPS) is 13.3. The van der Waals surface area contributed by atoms with Gasteiger partial charge in [-0.1, -0.05) is 23.7 Å². The Morgan fingerprint density at radius 2 is 2.00 bits per heavy atom. The van der Waals surface area contributed by atoms with Crippen LogP contribution in [0.25, 0.3) is 0 Å². The minimum absolute atomic E-state index is 0.0270. The van der Waals surface area contributed by atoms with E-state index in [1.54, 1.807) is 18.4 Å². The van der Waals surface area contributed by atoms with Crippen LogP contribution in [0.4, 0.5) is 5.00 Å². The number of rotatable bonds is 8. The van der Waals surface area contributed by atoms with Crippen molar-refractivity contribution >= 4 is 33.8 Å². The van der Waals surface area contributed by atoms with E-state index in [4.69, 9.17) is 16.3 Å². The molecule has 0 aliphatic heterocycles. The third-order valence-corrected chi connectivity index (χ3v) is 6.08. The largest absolute Gasteiger partial charge is 0.385 e. The number of hydrogen-bond donors (Lipinski definition) is 2. The Bertz CT molecular complexity index is 743. The monoisotopic (exact) mass is 392 g/mol. The first-order valence-corrected chi connectivity index (χ1v) is 10.3. The fraction of sp³-hybridized carbons (Fsp3) is 0.450. The number of hydrogen-bond acceptors (Lipinski definition) is 4. The summed E-state index contributed by atoms with van der Waals surface area (Å²) in [6.45, 7) is 1.97. The zero-order chi connectivity index (χ0) is 18.4. The lowest BCUT2D eigenvalue weighted by atomic mass is 9.95. The first-order valence-electron chi connectivity index (χ1n) is 9.09. The molecule has 1 aromatic heterocycles. The third-order valence-electron chi connectivity index (χ3n) is 4.58. The Morgan fingerprint density at radius 3 is 2.77 bits per heavy atom. The van der Waals surface area contributed by atoms with Crippen LogP contribution in [0.1, 0.15) is 45.6 Å². The van der Waals surface area contributed by atoms with Crippen molar-refractivity contribution < 1.29 is 9.53 Å². The van der Waals surface area contributed by atoms with Crippen molar-refractivity contribution in [2.75, 3.05) is 25.6 Å². The van der Waals surface area contributed by atoms with E-state index in [0.29, 0.717) is 19.7 Å². The number of anilines is 1. The van der Waals surface area contributed by atoms with E-state index in [1.807, 2.05) is 24.3 Å². The molecule has 1 aromatic carbocycles. The third kappa shape index (κ3) is 4.78. The minimum atomic E-state index is 0.0270. The topological polar surface area (TPSA) is 50.4 Å². The number of carbonyl (C=O) groups is 1. The van der Waals surface area contributed by atoms with Crippen LogP contribution in [-0.2, 0) is 24.1 Å². The highest BCUT2D eigenvalue weighted by Crippen LogP contribution is 2.38. The fourth-order valence-corrected chi connectivity index (χ4v) is 4.63. The molecule has 3 rings (SSSR count). The highest BCUT2D eigenvalue weighted by atomic mass is 35.5. The van der Waals surface area contributed by atoms with Crippen molar-refractivity contribution in [3.63, 3.8) is 0 Å². The Hall–Kier alpha value is -1.56. The number of carbonyl (C=O) groups excluding carboxylic acids is 1. The van der Waals surface area contributed by atoms with Crippen molar-refractivity contribution in [3.05, 3.63) is 50.9 Å². The van der Waals surface area contributed by atoms with Crippen molar-refractivity contribution in [1.82, 2.24) is 5.32 Å². The molecule has 4 nitrogen and oxygen atoms in total. The first kappa shape index (κ1) is 19.2. The number of fused-ring (bicyclic) bond motifs is 1. The maximum Gasteiger partial charge on any atom is 0.254 e. The average Bonchev–Trinajstić information content (AvgIpc) is 3.03. The van der Waals surface area contributed by atoms with E-state index in [9.17, 15) is 4.79 Å². The van der Waals surface area contributed by atoms with Crippen LogP contribution < -0.4 is 10.6 Å². The molecule has 0 saturated heterocycles. The second-order valence-corrected chi connectivity index (χ2v) is 8.04. The molecule has 0 spiro atoms. The summed E-state index contributed by atoms with van der Waals surface area (Å²) in [7, 11) is 1.68. The van der Waals surface area contributed by atoms with Gasteiger partial charge in [-0.2, -0.15) is 0 Å². The Kier molecular flexibility index (Phi) is 6.94. The summed E-state index contributed by atoms with van der Waals surface area (Å²) in [5.41, 5.74) is 3.23. The standard InChI is InChI=1S/C20H25ClN2O2S/c1-25-12-4-11-22-19(24)18-16-5-2-3-6-17(16)26-20(18)23-13-14-7-9-15(21)10-8-14/h7-10,23H,2-6,11-13H2,1H3,(H,22,24). The van der Waals surface area contributed by atoms with Crippen molar-refractivity contribution in [3.8, 4) is 0 Å². The van der Waals surface area contributed by atoms with E-state index in [0.717, 1.165) is 46.8 Å². The maximum atomic E-state index is 12.8. The number of aryl methyl sites for hydroxylation is 1. The molecular weight excluding hydrogens is 368 g/mol. The number of benzene rings is 1. The number of amides is 1. The molecule has 0 atom stereocenters. The molecule has 140 valence electrons. The average molecular weight is 393 g/mol. The van der Waals surface area contributed by atoms with E-state index < -0.39 is 0 Å². The first-order chi connectivity index (χ1) is 12.7. The summed E-state index contributed by atoms with van der Waals surface area (Å²) >= 11 is 7.69. The van der Waals surface area contributed by atoms with E-state index in [2.05, 4.69) is 10.6 Å². The second-order valence-electron chi connectivity index (χ2n) is 6.50. The number of thiophene rings is 1. The number of nitrogens with one attached hydrogen (secondary N) is 2. The van der Waals surface area contributed by atoms with E-state index in [1.165, 1.54) is 16.9 Å². The summed E-state index contributed by atoms with van der Waals surface area (Å²) in [6.07, 6.45) is 5.26. The molecule has 26 heavy (non-hydrogen) atoms. The quantitative estimate of drug-likeness (QED) is 0.642. The Morgan fingerprint density at radius 1 is 1.23 bits per heavy atom. The number of ether oxygens (including phenoxy) is 1. The van der Waals surface area contributed by atoms with Gasteiger partial charge in [-0.15, -0.1) is 11.3 Å². The molecule has 6 heteroatoms. The van der Waals surface area contributed by atoms with Gasteiger partial charge < -0.3 is 15.4 Å². The van der Waals surface area contributed by atoms with Gasteiger partial charge in [-0.3, -0.25) is 4.79 Å². The smallest absolute Gasteiger partial charge is 0.254 e. The summed E-state index contributed by atoms with van der Waals surface area (Å²) in [4.78, 5) is 14.2. The minimum Gasteiger partial charge on any atom is -0.385 e. The number of halogens is 1. The Balaban J connectivity index is 1.74. The van der Waals surface area contributed by atoms with Gasteiger partial charge in [0.1, 0.15) is 5.00 Å². The van der Waals surface area contributed by atoms with Gasteiger partial charge in [0, 0.05) is 36.7 Å². The van der Waals surface area contributed by atoms with Gasteiger partial charge >= 0.3 is 0 Å². The highest BCUT2D eigenvalue weighted by molar-refractivity contribution is 7.16. The van der Waals surface area contributed by atoms with Gasteiger partial charge in [0.05, 0.1) is 5.56 Å². The Labute approximate surface area is 163 Å². The van der Waals surface area contributed by atoms with Crippen molar-refractivity contribution in [2.24, 2.45) is 0 Å². The summed E-state index contributed by atoms with van der Waals surface area (Å²) in [5.74, 6) is 0.0270. The van der Waals surface area contributed by atoms with Gasteiger partial charge in [0.15, 0.2) is 0 Å². The molecule has 1 heterocycles. The molecule has 1 aliphatic rings. The zero-order valence-corrected chi connectivity index (χ0v) is 16.6. The summed E-state index contributed by atoms with van der Waals surface area (Å²) in [5, 5.41) is 8.24. The molecule has 1 amide bonds. The lowest BCUT2D eigenvalue weighted by Crippen LogP contribution is -2.26. The van der Waals surface area contributed by atoms with Crippen LogP contribution in [0.2, 0.25) is 5.02 Å². The molecule has 2 aromatic rings. The predicted molar refractivity (Wildman–Crippen MR) is 109 cm³/mol. The maximum absolute atomic E-state index is 12.8. The van der Waals surface area contributed by atoms with Crippen LogP contribution in [0.3, 0.4) is 0 Å². The van der Waals surface area contributed by atoms with E-state index >= 15 is 0 Å². The van der Waals surface area contributed by atoms with Gasteiger partial charge in [-0.05, 0) is 55.4 Å². The predicted octanol–water partition coefficient (Wildman–Crippen LogP) is 4.66. The zero-order valence-electron chi connectivity index (χ0n) is 15.1. The van der Waals surface area contributed by atoms with Gasteiger partial charge in [-0.25, -0.2) is 0 Å². The lowest BCUT2D eigenvalue weighted by molar-refractivity contribution is 0.0948. The summed E-state index contributed by atoms with van der Waals surface area (Å²) < 4.78 is 5.05. The fourth-order valence-electron chi connectivity index (χ4n) is 3.22. The molecule has 0 bridgehead atoms. The van der Waals surface area contributed by atoms with E-state index in [-0.39, 0.29) is 5.91 Å². The SMILES string of the molecule is COCCCNC(=O)c1c(NCc2ccc(Cl)cc2)sc2c1CCCC2. The van der Waals surface area contributed by atoms with Crippen LogP contribution in [0.15, 0.2) is 24.3 Å². The molecule has 2 N–H and O–H groups in total. The van der Waals surface area contributed by atoms with Crippen molar-refractivity contribution in [2.45, 2.75) is 38.6 Å². The van der Waals surface area contributed by atoms with Crippen LogP contribution in [0.5, 0.6) is 0 Å². The highest BCUT2D eigenvalue weighted by Gasteiger charge is 2.25. The van der Waals surface area contributed by atoms with Gasteiger partial charge in [0.25, 0.3) is 5.91 Å². The molecule has 0 unspecified atom stereocenters.